The molecule has 0 radical (unpaired) electrons. The van der Waals surface area contributed by atoms with Crippen LogP contribution in [0.1, 0.15) is 39.5 Å². The van der Waals surface area contributed by atoms with Gasteiger partial charge in [0, 0.05) is 18.3 Å². The topological polar surface area (TPSA) is 75.3 Å². The Morgan fingerprint density at radius 2 is 1.94 bits per heavy atom. The second kappa shape index (κ2) is 7.09. The zero-order valence-electron chi connectivity index (χ0n) is 11.2. The van der Waals surface area contributed by atoms with Crippen molar-refractivity contribution in [2.45, 2.75) is 51.6 Å². The molecule has 1 atom stereocenters. The van der Waals surface area contributed by atoms with Gasteiger partial charge in [0.1, 0.15) is 0 Å². The molecule has 0 aromatic carbocycles. The highest BCUT2D eigenvalue weighted by Crippen LogP contribution is 2.17. The summed E-state index contributed by atoms with van der Waals surface area (Å²) in [4.78, 5) is 11.8. The highest BCUT2D eigenvalue weighted by Gasteiger charge is 2.20. The second-order valence-corrected chi connectivity index (χ2v) is 7.37. The molecule has 1 aliphatic rings. The van der Waals surface area contributed by atoms with Gasteiger partial charge in [-0.3, -0.25) is 4.79 Å². The molecule has 106 valence electrons. The number of amides is 1. The fraction of sp³-hybridized carbons (Fsp3) is 0.917. The van der Waals surface area contributed by atoms with E-state index in [2.05, 4.69) is 10.6 Å². The van der Waals surface area contributed by atoms with Crippen molar-refractivity contribution in [3.05, 3.63) is 0 Å². The summed E-state index contributed by atoms with van der Waals surface area (Å²) in [6.45, 7) is 3.73. The van der Waals surface area contributed by atoms with Crippen LogP contribution in [0.5, 0.6) is 0 Å². The van der Waals surface area contributed by atoms with Crippen LogP contribution in [-0.4, -0.2) is 44.5 Å². The van der Waals surface area contributed by atoms with E-state index < -0.39 is 9.84 Å². The minimum atomic E-state index is -2.96. The summed E-state index contributed by atoms with van der Waals surface area (Å²) in [6, 6.07) is -0.0289. The van der Waals surface area contributed by atoms with Gasteiger partial charge < -0.3 is 10.6 Å². The fourth-order valence-corrected chi connectivity index (χ4v) is 2.78. The van der Waals surface area contributed by atoms with Crippen molar-refractivity contribution >= 4 is 15.7 Å². The Balaban J connectivity index is 2.23. The monoisotopic (exact) mass is 276 g/mol. The van der Waals surface area contributed by atoms with E-state index in [0.29, 0.717) is 12.6 Å². The highest BCUT2D eigenvalue weighted by atomic mass is 32.2. The molecule has 1 fully saturated rings. The number of carbonyl (C=O) groups excluding carboxylic acids is 1. The largest absolute Gasteiger partial charge is 0.352 e. The number of rotatable bonds is 7. The number of carbonyl (C=O) groups is 1. The van der Waals surface area contributed by atoms with E-state index in [4.69, 9.17) is 0 Å². The Bertz CT molecular complexity index is 362. The third-order valence-corrected chi connectivity index (χ3v) is 5.10. The molecule has 0 aliphatic heterocycles. The molecule has 5 nitrogen and oxygen atoms in total. The van der Waals surface area contributed by atoms with Gasteiger partial charge in [0.25, 0.3) is 0 Å². The minimum absolute atomic E-state index is 0.0317. The first-order chi connectivity index (χ1) is 8.44. The molecular weight excluding hydrogens is 252 g/mol. The van der Waals surface area contributed by atoms with Gasteiger partial charge in [0.05, 0.1) is 11.8 Å². The number of sulfone groups is 1. The van der Waals surface area contributed by atoms with Gasteiger partial charge in [-0.15, -0.1) is 0 Å². The zero-order valence-corrected chi connectivity index (χ0v) is 12.1. The molecule has 18 heavy (non-hydrogen) atoms. The standard InChI is InChI=1S/C12H24N2O3S/c1-3-18(16,17)9-8-13-10(2)12(15)14-11-6-4-5-7-11/h10-11,13H,3-9H2,1-2H3,(H,14,15). The summed E-state index contributed by atoms with van der Waals surface area (Å²) in [5.41, 5.74) is 0. The Hall–Kier alpha value is -0.620. The van der Waals surface area contributed by atoms with E-state index in [9.17, 15) is 13.2 Å². The molecule has 0 aromatic rings. The van der Waals surface area contributed by atoms with E-state index in [0.717, 1.165) is 12.8 Å². The van der Waals surface area contributed by atoms with Crippen LogP contribution in [0, 0.1) is 0 Å². The van der Waals surface area contributed by atoms with E-state index in [1.165, 1.54) is 12.8 Å². The van der Waals surface area contributed by atoms with Gasteiger partial charge >= 0.3 is 0 Å². The van der Waals surface area contributed by atoms with Crippen molar-refractivity contribution in [2.75, 3.05) is 18.1 Å². The molecule has 1 aliphatic carbocycles. The molecule has 1 amide bonds. The van der Waals surface area contributed by atoms with Crippen LogP contribution < -0.4 is 10.6 Å². The molecule has 1 rings (SSSR count). The molecule has 2 N–H and O–H groups in total. The lowest BCUT2D eigenvalue weighted by Gasteiger charge is -2.17. The van der Waals surface area contributed by atoms with Crippen LogP contribution >= 0.6 is 0 Å². The molecular formula is C12H24N2O3S. The summed E-state index contributed by atoms with van der Waals surface area (Å²) in [5, 5.41) is 5.94. The van der Waals surface area contributed by atoms with Crippen LogP contribution in [0.15, 0.2) is 0 Å². The highest BCUT2D eigenvalue weighted by molar-refractivity contribution is 7.91. The van der Waals surface area contributed by atoms with Crippen LogP contribution in [0.3, 0.4) is 0 Å². The van der Waals surface area contributed by atoms with Crippen molar-refractivity contribution in [3.8, 4) is 0 Å². The van der Waals surface area contributed by atoms with Gasteiger partial charge in [-0.2, -0.15) is 0 Å². The van der Waals surface area contributed by atoms with Crippen molar-refractivity contribution < 1.29 is 13.2 Å². The molecule has 1 unspecified atom stereocenters. The maximum atomic E-state index is 11.8. The third kappa shape index (κ3) is 5.35. The molecule has 6 heteroatoms. The van der Waals surface area contributed by atoms with Crippen molar-refractivity contribution in [2.24, 2.45) is 0 Å². The SMILES string of the molecule is CCS(=O)(=O)CCNC(C)C(=O)NC1CCCC1. The van der Waals surface area contributed by atoms with Crippen LogP contribution in [0.25, 0.3) is 0 Å². The first-order valence-corrected chi connectivity index (χ1v) is 8.51. The summed E-state index contributed by atoms with van der Waals surface area (Å²) in [7, 11) is -2.96. The average Bonchev–Trinajstić information content (AvgIpc) is 2.81. The van der Waals surface area contributed by atoms with Gasteiger partial charge in [0.15, 0.2) is 9.84 Å². The Kier molecular flexibility index (Phi) is 6.08. The number of hydrogen-bond acceptors (Lipinski definition) is 4. The van der Waals surface area contributed by atoms with Gasteiger partial charge in [0.2, 0.25) is 5.91 Å². The third-order valence-electron chi connectivity index (χ3n) is 3.40. The summed E-state index contributed by atoms with van der Waals surface area (Å²) < 4.78 is 22.6. The van der Waals surface area contributed by atoms with Crippen LogP contribution in [0.4, 0.5) is 0 Å². The van der Waals surface area contributed by atoms with Gasteiger partial charge in [-0.05, 0) is 19.8 Å². The summed E-state index contributed by atoms with van der Waals surface area (Å²) in [5.74, 6) is 0.206. The van der Waals surface area contributed by atoms with Gasteiger partial charge in [-0.25, -0.2) is 8.42 Å². The Labute approximate surface area is 110 Å². The lowest BCUT2D eigenvalue weighted by Crippen LogP contribution is -2.46. The lowest BCUT2D eigenvalue weighted by molar-refractivity contribution is -0.123. The Morgan fingerprint density at radius 3 is 2.50 bits per heavy atom. The van der Waals surface area contributed by atoms with Gasteiger partial charge in [-0.1, -0.05) is 19.8 Å². The molecule has 0 aromatic heterocycles. The molecule has 0 saturated heterocycles. The average molecular weight is 276 g/mol. The Morgan fingerprint density at radius 1 is 1.33 bits per heavy atom. The zero-order chi connectivity index (χ0) is 13.6. The predicted molar refractivity (Wildman–Crippen MR) is 72.2 cm³/mol. The fourth-order valence-electron chi connectivity index (χ4n) is 2.06. The number of nitrogens with one attached hydrogen (secondary N) is 2. The normalized spacial score (nSPS) is 18.8. The van der Waals surface area contributed by atoms with E-state index in [1.54, 1.807) is 13.8 Å². The quantitative estimate of drug-likeness (QED) is 0.708. The van der Waals surface area contributed by atoms with Crippen LogP contribution in [0.2, 0.25) is 0 Å². The molecule has 0 heterocycles. The smallest absolute Gasteiger partial charge is 0.237 e. The first-order valence-electron chi connectivity index (χ1n) is 6.69. The van der Waals surface area contributed by atoms with Crippen molar-refractivity contribution in [3.63, 3.8) is 0 Å². The summed E-state index contributed by atoms with van der Waals surface area (Å²) >= 11 is 0. The first kappa shape index (κ1) is 15.4. The second-order valence-electron chi connectivity index (χ2n) is 4.90. The number of hydrogen-bond donors (Lipinski definition) is 2. The molecule has 1 saturated carbocycles. The van der Waals surface area contributed by atoms with E-state index in [1.807, 2.05) is 0 Å². The minimum Gasteiger partial charge on any atom is -0.352 e. The van der Waals surface area contributed by atoms with Crippen LogP contribution in [-0.2, 0) is 14.6 Å². The van der Waals surface area contributed by atoms with E-state index in [-0.39, 0.29) is 23.5 Å². The van der Waals surface area contributed by atoms with E-state index >= 15 is 0 Å². The maximum absolute atomic E-state index is 11.8. The summed E-state index contributed by atoms with van der Waals surface area (Å²) in [6.07, 6.45) is 4.48. The van der Waals surface area contributed by atoms with Crippen molar-refractivity contribution in [1.82, 2.24) is 10.6 Å². The van der Waals surface area contributed by atoms with Crippen molar-refractivity contribution in [1.29, 1.82) is 0 Å². The molecule has 0 spiro atoms. The lowest BCUT2D eigenvalue weighted by atomic mass is 10.2. The maximum Gasteiger partial charge on any atom is 0.237 e. The molecule has 0 bridgehead atoms. The predicted octanol–water partition coefficient (Wildman–Crippen LogP) is 0.458.